The highest BCUT2D eigenvalue weighted by atomic mass is 19.4. The van der Waals surface area contributed by atoms with E-state index >= 15 is 0 Å². The Kier molecular flexibility index (Phi) is 6.69. The van der Waals surface area contributed by atoms with E-state index in [0.717, 1.165) is 17.0 Å². The van der Waals surface area contributed by atoms with E-state index in [2.05, 4.69) is 0 Å². The second kappa shape index (κ2) is 8.62. The van der Waals surface area contributed by atoms with Crippen molar-refractivity contribution in [3.8, 4) is 0 Å². The van der Waals surface area contributed by atoms with Crippen molar-refractivity contribution in [2.24, 2.45) is 5.92 Å². The van der Waals surface area contributed by atoms with Crippen LogP contribution in [0, 0.1) is 12.8 Å². The standard InChI is InChI=1S/C19H22F3NO5/c1-3-28-17(25)10-16(24)12-6-7-23(18(26)27)15(9-12)14-5-4-13(8-11(14)2)19(20,21)22/h4-5,8,12,15H,3,6-7,9-10H2,1-2H3,(H,26,27). The average Bonchev–Trinajstić information content (AvgIpc) is 2.60. The number of halogens is 3. The lowest BCUT2D eigenvalue weighted by Gasteiger charge is -2.38. The van der Waals surface area contributed by atoms with Crippen LogP contribution in [-0.2, 0) is 20.5 Å². The maximum absolute atomic E-state index is 12.9. The Balaban J connectivity index is 2.27. The lowest BCUT2D eigenvalue weighted by molar-refractivity contribution is -0.146. The van der Waals surface area contributed by atoms with Gasteiger partial charge < -0.3 is 14.7 Å². The average molecular weight is 401 g/mol. The maximum Gasteiger partial charge on any atom is 0.416 e. The molecule has 2 atom stereocenters. The van der Waals surface area contributed by atoms with Gasteiger partial charge in [-0.05, 0) is 49.9 Å². The van der Waals surface area contributed by atoms with Crippen molar-refractivity contribution in [1.82, 2.24) is 4.90 Å². The zero-order valence-electron chi connectivity index (χ0n) is 15.6. The fraction of sp³-hybridized carbons (Fsp3) is 0.526. The normalized spacial score (nSPS) is 20.0. The van der Waals surface area contributed by atoms with Gasteiger partial charge in [-0.15, -0.1) is 0 Å². The molecular formula is C19H22F3NO5. The number of piperidine rings is 1. The minimum absolute atomic E-state index is 0.0553. The number of likely N-dealkylation sites (tertiary alicyclic amines) is 1. The van der Waals surface area contributed by atoms with Crippen molar-refractivity contribution in [1.29, 1.82) is 0 Å². The summed E-state index contributed by atoms with van der Waals surface area (Å²) in [6.07, 6.45) is -5.75. The van der Waals surface area contributed by atoms with E-state index in [0.29, 0.717) is 11.1 Å². The SMILES string of the molecule is CCOC(=O)CC(=O)C1CCN(C(=O)O)C(c2ccc(C(F)(F)F)cc2C)C1. The van der Waals surface area contributed by atoms with Gasteiger partial charge in [0, 0.05) is 12.5 Å². The number of Topliss-reactive ketones (excluding diaryl/α,β-unsaturated/α-hetero) is 1. The molecule has 1 aromatic rings. The van der Waals surface area contributed by atoms with Crippen molar-refractivity contribution in [2.45, 2.75) is 45.3 Å². The van der Waals surface area contributed by atoms with E-state index in [1.165, 1.54) is 13.0 Å². The molecule has 0 spiro atoms. The molecule has 1 aromatic carbocycles. The molecule has 1 aliphatic rings. The molecule has 154 valence electrons. The molecule has 1 N–H and O–H groups in total. The number of alkyl halides is 3. The summed E-state index contributed by atoms with van der Waals surface area (Å²) >= 11 is 0. The third kappa shape index (κ3) is 5.02. The molecule has 0 aliphatic carbocycles. The zero-order valence-corrected chi connectivity index (χ0v) is 15.6. The molecule has 0 saturated carbocycles. The van der Waals surface area contributed by atoms with Gasteiger partial charge in [-0.1, -0.05) is 6.07 Å². The number of rotatable bonds is 5. The van der Waals surface area contributed by atoms with Gasteiger partial charge in [0.1, 0.15) is 12.2 Å². The number of amides is 1. The Morgan fingerprint density at radius 1 is 1.29 bits per heavy atom. The number of carbonyl (C=O) groups is 3. The Bertz CT molecular complexity index is 762. The first kappa shape index (κ1) is 21.7. The maximum atomic E-state index is 12.9. The molecule has 1 fully saturated rings. The molecule has 2 rings (SSSR count). The summed E-state index contributed by atoms with van der Waals surface area (Å²) in [5.41, 5.74) is -0.102. The van der Waals surface area contributed by atoms with Gasteiger partial charge in [-0.2, -0.15) is 13.2 Å². The second-order valence-electron chi connectivity index (χ2n) is 6.73. The van der Waals surface area contributed by atoms with E-state index < -0.39 is 42.2 Å². The number of aryl methyl sites for hydroxylation is 1. The van der Waals surface area contributed by atoms with E-state index in [-0.39, 0.29) is 31.8 Å². The van der Waals surface area contributed by atoms with Crippen LogP contribution in [-0.4, -0.2) is 41.0 Å². The van der Waals surface area contributed by atoms with Crippen molar-refractivity contribution >= 4 is 17.8 Å². The Morgan fingerprint density at radius 3 is 2.50 bits per heavy atom. The number of hydrogen-bond acceptors (Lipinski definition) is 4. The van der Waals surface area contributed by atoms with E-state index in [4.69, 9.17) is 4.74 Å². The molecule has 0 bridgehead atoms. The molecule has 0 radical (unpaired) electrons. The molecule has 1 amide bonds. The van der Waals surface area contributed by atoms with Crippen molar-refractivity contribution in [3.05, 3.63) is 34.9 Å². The van der Waals surface area contributed by atoms with Crippen LogP contribution in [0.15, 0.2) is 18.2 Å². The summed E-state index contributed by atoms with van der Waals surface area (Å²) < 4.78 is 43.5. The van der Waals surface area contributed by atoms with E-state index in [1.807, 2.05) is 0 Å². The highest BCUT2D eigenvalue weighted by molar-refractivity contribution is 5.97. The first-order chi connectivity index (χ1) is 13.0. The van der Waals surface area contributed by atoms with Gasteiger partial charge >= 0.3 is 18.2 Å². The molecule has 1 aliphatic heterocycles. The van der Waals surface area contributed by atoms with Gasteiger partial charge in [0.2, 0.25) is 0 Å². The van der Waals surface area contributed by atoms with Crippen LogP contribution in [0.4, 0.5) is 18.0 Å². The molecule has 28 heavy (non-hydrogen) atoms. The number of ketones is 1. The number of carbonyl (C=O) groups excluding carboxylic acids is 2. The lowest BCUT2D eigenvalue weighted by Crippen LogP contribution is -2.42. The predicted molar refractivity (Wildman–Crippen MR) is 92.6 cm³/mol. The smallest absolute Gasteiger partial charge is 0.416 e. The number of hydrogen-bond donors (Lipinski definition) is 1. The number of esters is 1. The third-order valence-electron chi connectivity index (χ3n) is 4.88. The van der Waals surface area contributed by atoms with Crippen molar-refractivity contribution < 1.29 is 37.4 Å². The summed E-state index contributed by atoms with van der Waals surface area (Å²) in [6, 6.07) is 2.38. The fourth-order valence-electron chi connectivity index (χ4n) is 3.51. The predicted octanol–water partition coefficient (Wildman–Crippen LogP) is 3.97. The molecule has 0 aromatic heterocycles. The number of benzene rings is 1. The molecule has 6 nitrogen and oxygen atoms in total. The lowest BCUT2D eigenvalue weighted by atomic mass is 9.82. The largest absolute Gasteiger partial charge is 0.466 e. The van der Waals surface area contributed by atoms with Crippen LogP contribution in [0.5, 0.6) is 0 Å². The van der Waals surface area contributed by atoms with Crippen LogP contribution in [0.3, 0.4) is 0 Å². The van der Waals surface area contributed by atoms with Crippen LogP contribution < -0.4 is 0 Å². The molecule has 1 saturated heterocycles. The molecular weight excluding hydrogens is 379 g/mol. The minimum atomic E-state index is -4.50. The number of ether oxygens (including phenoxy) is 1. The number of carboxylic acid groups (broad SMARTS) is 1. The second-order valence-corrected chi connectivity index (χ2v) is 6.73. The van der Waals surface area contributed by atoms with Crippen LogP contribution in [0.25, 0.3) is 0 Å². The van der Waals surface area contributed by atoms with Gasteiger partial charge in [0.05, 0.1) is 18.2 Å². The van der Waals surface area contributed by atoms with E-state index in [1.54, 1.807) is 6.92 Å². The minimum Gasteiger partial charge on any atom is -0.466 e. The number of nitrogens with zero attached hydrogens (tertiary/aromatic N) is 1. The van der Waals surface area contributed by atoms with Crippen LogP contribution in [0.2, 0.25) is 0 Å². The summed E-state index contributed by atoms with van der Waals surface area (Å²) in [5.74, 6) is -1.56. The monoisotopic (exact) mass is 401 g/mol. The highest BCUT2D eigenvalue weighted by Crippen LogP contribution is 2.38. The van der Waals surface area contributed by atoms with Gasteiger partial charge in [-0.3, -0.25) is 9.59 Å². The van der Waals surface area contributed by atoms with E-state index in [9.17, 15) is 32.7 Å². The summed E-state index contributed by atoms with van der Waals surface area (Å²) in [5, 5.41) is 9.47. The van der Waals surface area contributed by atoms with Gasteiger partial charge in [0.15, 0.2) is 0 Å². The Morgan fingerprint density at radius 2 is 1.96 bits per heavy atom. The zero-order chi connectivity index (χ0) is 21.1. The quantitative estimate of drug-likeness (QED) is 0.596. The highest BCUT2D eigenvalue weighted by Gasteiger charge is 2.37. The summed E-state index contributed by atoms with van der Waals surface area (Å²) in [4.78, 5) is 36.7. The molecule has 1 heterocycles. The third-order valence-corrected chi connectivity index (χ3v) is 4.88. The molecule has 2 unspecified atom stereocenters. The van der Waals surface area contributed by atoms with Gasteiger partial charge in [-0.25, -0.2) is 4.79 Å². The Labute approximate surface area is 160 Å². The first-order valence-corrected chi connectivity index (χ1v) is 8.90. The van der Waals surface area contributed by atoms with Crippen molar-refractivity contribution in [3.63, 3.8) is 0 Å². The first-order valence-electron chi connectivity index (χ1n) is 8.90. The molecule has 9 heteroatoms. The van der Waals surface area contributed by atoms with Crippen LogP contribution >= 0.6 is 0 Å². The summed E-state index contributed by atoms with van der Waals surface area (Å²) in [6.45, 7) is 3.31. The van der Waals surface area contributed by atoms with Gasteiger partial charge in [0.25, 0.3) is 0 Å². The van der Waals surface area contributed by atoms with Crippen molar-refractivity contribution in [2.75, 3.05) is 13.2 Å². The Hall–Kier alpha value is -2.58. The van der Waals surface area contributed by atoms with Crippen LogP contribution in [0.1, 0.15) is 48.9 Å². The topological polar surface area (TPSA) is 83.9 Å². The summed E-state index contributed by atoms with van der Waals surface area (Å²) in [7, 11) is 0. The fourth-order valence-corrected chi connectivity index (χ4v) is 3.51.